The van der Waals surface area contributed by atoms with Crippen molar-refractivity contribution in [1.82, 2.24) is 10.3 Å². The molecular weight excluding hydrogens is 448 g/mol. The summed E-state index contributed by atoms with van der Waals surface area (Å²) in [5, 5.41) is 16.5. The first-order valence-corrected chi connectivity index (χ1v) is 10.6. The number of oxime groups is 1. The standard InChI is InChI=1S/C22H25BrN4O3/c23-18-12-15(6-7-21(18)30-11-3-9-24)13-20(27-29)22(28)25-10-8-16-14-26-19-5-2-1-4-17(16)19/h1-2,4-7,12,14,26,29H,3,8-11,13,24H2,(H,25,28)/b27-20-. The van der Waals surface area contributed by atoms with Crippen LogP contribution in [0.4, 0.5) is 0 Å². The minimum absolute atomic E-state index is 0.0534. The smallest absolute Gasteiger partial charge is 0.269 e. The number of hydrogen-bond acceptors (Lipinski definition) is 5. The lowest BCUT2D eigenvalue weighted by molar-refractivity contribution is -0.115. The SMILES string of the molecule is NCCCOc1ccc(C/C(=N/O)C(=O)NCCc2c[nH]c3ccccc23)cc1Br. The number of rotatable bonds is 10. The molecule has 3 aromatic rings. The summed E-state index contributed by atoms with van der Waals surface area (Å²) < 4.78 is 6.41. The van der Waals surface area contributed by atoms with Gasteiger partial charge in [0.1, 0.15) is 11.5 Å². The Kier molecular flexibility index (Phi) is 7.87. The van der Waals surface area contributed by atoms with Crippen LogP contribution in [-0.2, 0) is 17.6 Å². The van der Waals surface area contributed by atoms with Crippen molar-refractivity contribution in [2.45, 2.75) is 19.3 Å². The number of aromatic amines is 1. The average Bonchev–Trinajstić information content (AvgIpc) is 3.16. The maximum Gasteiger partial charge on any atom is 0.269 e. The third-order valence-electron chi connectivity index (χ3n) is 4.71. The van der Waals surface area contributed by atoms with Gasteiger partial charge in [0.2, 0.25) is 0 Å². The van der Waals surface area contributed by atoms with Crippen LogP contribution in [0.5, 0.6) is 5.75 Å². The third-order valence-corrected chi connectivity index (χ3v) is 5.33. The number of nitrogens with one attached hydrogen (secondary N) is 2. The highest BCUT2D eigenvalue weighted by Crippen LogP contribution is 2.26. The summed E-state index contributed by atoms with van der Waals surface area (Å²) in [5.41, 5.74) is 8.55. The summed E-state index contributed by atoms with van der Waals surface area (Å²) in [6.45, 7) is 1.55. The summed E-state index contributed by atoms with van der Waals surface area (Å²) in [6, 6.07) is 13.5. The van der Waals surface area contributed by atoms with E-state index in [0.717, 1.165) is 32.9 Å². The molecule has 2 aromatic carbocycles. The highest BCUT2D eigenvalue weighted by Gasteiger charge is 2.14. The molecule has 1 heterocycles. The molecule has 0 bridgehead atoms. The Morgan fingerprint density at radius 1 is 1.27 bits per heavy atom. The number of nitrogens with zero attached hydrogens (tertiary/aromatic N) is 1. The zero-order valence-electron chi connectivity index (χ0n) is 16.5. The van der Waals surface area contributed by atoms with Crippen LogP contribution in [0.25, 0.3) is 10.9 Å². The number of ether oxygens (including phenoxy) is 1. The first-order chi connectivity index (χ1) is 14.6. The topological polar surface area (TPSA) is 113 Å². The van der Waals surface area contributed by atoms with Crippen molar-refractivity contribution >= 4 is 38.5 Å². The molecule has 0 atom stereocenters. The summed E-state index contributed by atoms with van der Waals surface area (Å²) in [4.78, 5) is 15.7. The number of para-hydroxylation sites is 1. The quantitative estimate of drug-likeness (QED) is 0.157. The second-order valence-corrected chi connectivity index (χ2v) is 7.70. The number of aromatic nitrogens is 1. The first kappa shape index (κ1) is 21.9. The molecule has 30 heavy (non-hydrogen) atoms. The number of carbonyl (C=O) groups excluding carboxylic acids is 1. The number of fused-ring (bicyclic) bond motifs is 1. The molecule has 0 saturated carbocycles. The molecule has 0 aliphatic carbocycles. The molecule has 1 aromatic heterocycles. The summed E-state index contributed by atoms with van der Waals surface area (Å²) >= 11 is 3.47. The van der Waals surface area contributed by atoms with Crippen LogP contribution in [0.15, 0.2) is 58.3 Å². The van der Waals surface area contributed by atoms with Crippen molar-refractivity contribution in [3.05, 3.63) is 64.3 Å². The van der Waals surface area contributed by atoms with E-state index < -0.39 is 5.91 Å². The second-order valence-electron chi connectivity index (χ2n) is 6.84. The molecule has 0 saturated heterocycles. The molecule has 0 radical (unpaired) electrons. The van der Waals surface area contributed by atoms with E-state index >= 15 is 0 Å². The maximum absolute atomic E-state index is 12.4. The van der Waals surface area contributed by atoms with E-state index in [1.807, 2.05) is 48.7 Å². The monoisotopic (exact) mass is 472 g/mol. The molecule has 0 aliphatic heterocycles. The number of amides is 1. The van der Waals surface area contributed by atoms with E-state index in [1.165, 1.54) is 0 Å². The van der Waals surface area contributed by atoms with Gasteiger partial charge >= 0.3 is 0 Å². The van der Waals surface area contributed by atoms with Crippen LogP contribution in [0, 0.1) is 0 Å². The van der Waals surface area contributed by atoms with Crippen LogP contribution in [0.1, 0.15) is 17.5 Å². The molecule has 158 valence electrons. The van der Waals surface area contributed by atoms with Gasteiger partial charge in [-0.2, -0.15) is 0 Å². The van der Waals surface area contributed by atoms with E-state index in [-0.39, 0.29) is 12.1 Å². The fourth-order valence-electron chi connectivity index (χ4n) is 3.14. The maximum atomic E-state index is 12.4. The van der Waals surface area contributed by atoms with E-state index in [1.54, 1.807) is 0 Å². The number of carbonyl (C=O) groups is 1. The van der Waals surface area contributed by atoms with Crippen molar-refractivity contribution in [3.8, 4) is 5.75 Å². The number of halogens is 1. The number of benzene rings is 2. The van der Waals surface area contributed by atoms with Crippen molar-refractivity contribution in [1.29, 1.82) is 0 Å². The Hall–Kier alpha value is -2.84. The highest BCUT2D eigenvalue weighted by atomic mass is 79.9. The van der Waals surface area contributed by atoms with Gasteiger partial charge in [0.15, 0.2) is 0 Å². The van der Waals surface area contributed by atoms with Crippen molar-refractivity contribution in [2.75, 3.05) is 19.7 Å². The first-order valence-electron chi connectivity index (χ1n) is 9.77. The van der Waals surface area contributed by atoms with E-state index in [9.17, 15) is 10.0 Å². The van der Waals surface area contributed by atoms with Gasteiger partial charge in [-0.1, -0.05) is 29.4 Å². The highest BCUT2D eigenvalue weighted by molar-refractivity contribution is 9.10. The molecule has 0 fully saturated rings. The van der Waals surface area contributed by atoms with Gasteiger partial charge in [0.05, 0.1) is 11.1 Å². The number of H-pyrrole nitrogens is 1. The van der Waals surface area contributed by atoms with Gasteiger partial charge < -0.3 is 26.0 Å². The molecule has 0 spiro atoms. The lowest BCUT2D eigenvalue weighted by Gasteiger charge is -2.10. The molecule has 0 aliphatic rings. The van der Waals surface area contributed by atoms with Gasteiger partial charge in [-0.15, -0.1) is 0 Å². The Balaban J connectivity index is 1.54. The minimum atomic E-state index is -0.392. The van der Waals surface area contributed by atoms with Gasteiger partial charge in [0, 0.05) is 30.1 Å². The van der Waals surface area contributed by atoms with Crippen LogP contribution >= 0.6 is 15.9 Å². The predicted octanol–water partition coefficient (Wildman–Crippen LogP) is 3.39. The second kappa shape index (κ2) is 10.8. The fraction of sp³-hybridized carbons (Fsp3) is 0.273. The van der Waals surface area contributed by atoms with Crippen molar-refractivity contribution < 1.29 is 14.7 Å². The molecule has 7 nitrogen and oxygen atoms in total. The predicted molar refractivity (Wildman–Crippen MR) is 121 cm³/mol. The Labute approximate surface area is 183 Å². The lowest BCUT2D eigenvalue weighted by Crippen LogP contribution is -2.33. The zero-order valence-corrected chi connectivity index (χ0v) is 18.1. The molecule has 1 amide bonds. The molecule has 0 unspecified atom stereocenters. The summed E-state index contributed by atoms with van der Waals surface area (Å²) in [6.07, 6.45) is 3.60. The zero-order chi connectivity index (χ0) is 21.3. The van der Waals surface area contributed by atoms with E-state index in [0.29, 0.717) is 31.9 Å². The lowest BCUT2D eigenvalue weighted by atomic mass is 10.1. The van der Waals surface area contributed by atoms with Crippen molar-refractivity contribution in [2.24, 2.45) is 10.9 Å². The summed E-state index contributed by atoms with van der Waals surface area (Å²) in [7, 11) is 0. The van der Waals surface area contributed by atoms with Crippen LogP contribution in [-0.4, -0.2) is 41.5 Å². The Bertz CT molecular complexity index is 1030. The molecule has 8 heteroatoms. The fourth-order valence-corrected chi connectivity index (χ4v) is 3.68. The van der Waals surface area contributed by atoms with Gasteiger partial charge in [0.25, 0.3) is 5.91 Å². The number of hydrogen-bond donors (Lipinski definition) is 4. The largest absolute Gasteiger partial charge is 0.492 e. The number of nitrogens with two attached hydrogens (primary N) is 1. The van der Waals surface area contributed by atoms with Gasteiger partial charge in [-0.3, -0.25) is 4.79 Å². The van der Waals surface area contributed by atoms with Crippen LogP contribution < -0.4 is 15.8 Å². The van der Waals surface area contributed by atoms with Crippen LogP contribution in [0.2, 0.25) is 0 Å². The van der Waals surface area contributed by atoms with E-state index in [2.05, 4.69) is 31.4 Å². The third kappa shape index (κ3) is 5.61. The van der Waals surface area contributed by atoms with E-state index in [4.69, 9.17) is 10.5 Å². The average molecular weight is 473 g/mol. The molecule has 3 rings (SSSR count). The summed E-state index contributed by atoms with van der Waals surface area (Å²) in [5.74, 6) is 0.314. The molecular formula is C22H25BrN4O3. The van der Waals surface area contributed by atoms with Gasteiger partial charge in [-0.05, 0) is 64.6 Å². The molecule has 5 N–H and O–H groups in total. The minimum Gasteiger partial charge on any atom is -0.492 e. The Morgan fingerprint density at radius 3 is 2.87 bits per heavy atom. The van der Waals surface area contributed by atoms with Crippen LogP contribution in [0.3, 0.4) is 0 Å². The van der Waals surface area contributed by atoms with Gasteiger partial charge in [-0.25, -0.2) is 0 Å². The normalized spacial score (nSPS) is 11.6. The van der Waals surface area contributed by atoms with Crippen molar-refractivity contribution in [3.63, 3.8) is 0 Å². The Morgan fingerprint density at radius 2 is 2.10 bits per heavy atom.